The second-order valence-corrected chi connectivity index (χ2v) is 6.59. The van der Waals surface area contributed by atoms with Crippen molar-refractivity contribution in [3.63, 3.8) is 0 Å². The highest BCUT2D eigenvalue weighted by Gasteiger charge is 2.33. The van der Waals surface area contributed by atoms with Crippen LogP contribution in [0.25, 0.3) is 0 Å². The summed E-state index contributed by atoms with van der Waals surface area (Å²) >= 11 is 0. The van der Waals surface area contributed by atoms with Gasteiger partial charge in [0, 0.05) is 12.4 Å². The molecule has 0 saturated carbocycles. The Labute approximate surface area is 185 Å². The van der Waals surface area contributed by atoms with E-state index in [1.165, 1.54) is 24.4 Å². The van der Waals surface area contributed by atoms with Crippen LogP contribution in [-0.4, -0.2) is 32.4 Å². The Hall–Kier alpha value is -4.27. The summed E-state index contributed by atoms with van der Waals surface area (Å²) < 4.78 is 64.7. The lowest BCUT2D eigenvalue weighted by Gasteiger charge is -2.14. The van der Waals surface area contributed by atoms with Gasteiger partial charge in [-0.25, -0.2) is 8.78 Å². The maximum absolute atomic E-state index is 14.4. The molecule has 1 amide bonds. The third-order valence-corrected chi connectivity index (χ3v) is 4.32. The van der Waals surface area contributed by atoms with Crippen molar-refractivity contribution in [2.24, 2.45) is 4.99 Å². The van der Waals surface area contributed by atoms with Gasteiger partial charge in [-0.1, -0.05) is 6.07 Å². The number of nitrogens with zero attached hydrogens (tertiary/aromatic N) is 5. The van der Waals surface area contributed by atoms with Gasteiger partial charge in [0.05, 0.1) is 31.3 Å². The molecular formula is C21H16F4N6O2. The smallest absolute Gasteiger partial charge is 0.308 e. The number of amides is 1. The van der Waals surface area contributed by atoms with Gasteiger partial charge >= 0.3 is 5.92 Å². The summed E-state index contributed by atoms with van der Waals surface area (Å²) in [7, 11) is 0. The highest BCUT2D eigenvalue weighted by molar-refractivity contribution is 5.78. The third kappa shape index (κ3) is 5.51. The van der Waals surface area contributed by atoms with E-state index < -0.39 is 65.4 Å². The minimum atomic E-state index is -3.60. The van der Waals surface area contributed by atoms with Gasteiger partial charge in [-0.15, -0.1) is 0 Å². The fourth-order valence-electron chi connectivity index (χ4n) is 2.72. The molecule has 0 bridgehead atoms. The number of halogens is 4. The molecule has 12 heteroatoms. The predicted molar refractivity (Wildman–Crippen MR) is 105 cm³/mol. The van der Waals surface area contributed by atoms with Crippen LogP contribution in [0.1, 0.15) is 24.0 Å². The van der Waals surface area contributed by atoms with Gasteiger partial charge in [-0.05, 0) is 30.3 Å². The lowest BCUT2D eigenvalue weighted by Crippen LogP contribution is -2.33. The monoisotopic (exact) mass is 461 g/mol. The normalized spacial score (nSPS) is 13.2. The van der Waals surface area contributed by atoms with Crippen LogP contribution >= 0.6 is 0 Å². The van der Waals surface area contributed by atoms with Crippen LogP contribution in [0.5, 0.6) is 0 Å². The average Bonchev–Trinajstić information content (AvgIpc) is 2.81. The molecule has 33 heavy (non-hydrogen) atoms. The summed E-state index contributed by atoms with van der Waals surface area (Å²) in [6.07, 6.45) is 1.59. The zero-order valence-electron chi connectivity index (χ0n) is 17.7. The summed E-state index contributed by atoms with van der Waals surface area (Å²) in [6.45, 7) is -2.90. The Morgan fingerprint density at radius 2 is 2.00 bits per heavy atom. The first-order chi connectivity index (χ1) is 16.1. The SMILES string of the molecule is [2H]C(NC(=O)Cc1c(C#N)cc(F)c(=NCC(F)(F)c2ccccn2)n1O)c1ncccc1F. The lowest BCUT2D eigenvalue weighted by molar-refractivity contribution is -0.120. The first kappa shape index (κ1) is 21.9. The van der Waals surface area contributed by atoms with Gasteiger partial charge in [0.25, 0.3) is 0 Å². The molecule has 0 fully saturated rings. The van der Waals surface area contributed by atoms with E-state index in [4.69, 9.17) is 1.37 Å². The number of alkyl halides is 2. The fraction of sp³-hybridized carbons (Fsp3) is 0.190. The highest BCUT2D eigenvalue weighted by atomic mass is 19.3. The maximum Gasteiger partial charge on any atom is 0.308 e. The van der Waals surface area contributed by atoms with Crippen molar-refractivity contribution in [3.05, 3.63) is 88.6 Å². The minimum absolute atomic E-state index is 0.0161. The van der Waals surface area contributed by atoms with Crippen molar-refractivity contribution < 1.29 is 28.9 Å². The Morgan fingerprint density at radius 1 is 1.24 bits per heavy atom. The van der Waals surface area contributed by atoms with Gasteiger partial charge < -0.3 is 10.5 Å². The first-order valence-electron chi connectivity index (χ1n) is 9.87. The Bertz CT molecular complexity index is 1310. The number of hydrogen-bond donors (Lipinski definition) is 2. The predicted octanol–water partition coefficient (Wildman–Crippen LogP) is 2.22. The van der Waals surface area contributed by atoms with Gasteiger partial charge in [-0.3, -0.25) is 19.8 Å². The number of hydrogen-bond acceptors (Lipinski definition) is 6. The Balaban J connectivity index is 1.89. The third-order valence-electron chi connectivity index (χ3n) is 4.32. The molecule has 8 nitrogen and oxygen atoms in total. The Morgan fingerprint density at radius 3 is 2.67 bits per heavy atom. The second kappa shape index (κ2) is 9.90. The van der Waals surface area contributed by atoms with E-state index in [0.717, 1.165) is 18.3 Å². The molecular weight excluding hydrogens is 444 g/mol. The molecule has 3 rings (SSSR count). The van der Waals surface area contributed by atoms with E-state index in [-0.39, 0.29) is 10.4 Å². The number of nitrogens with one attached hydrogen (secondary N) is 1. The molecule has 0 aliphatic rings. The highest BCUT2D eigenvalue weighted by Crippen LogP contribution is 2.25. The van der Waals surface area contributed by atoms with Gasteiger partial charge in [0.15, 0.2) is 11.3 Å². The molecule has 170 valence electrons. The van der Waals surface area contributed by atoms with Crippen molar-refractivity contribution in [2.75, 3.05) is 6.54 Å². The fourth-order valence-corrected chi connectivity index (χ4v) is 2.72. The van der Waals surface area contributed by atoms with Gasteiger partial charge in [0.1, 0.15) is 24.1 Å². The van der Waals surface area contributed by atoms with E-state index in [1.54, 1.807) is 6.07 Å². The molecule has 2 N–H and O–H groups in total. The van der Waals surface area contributed by atoms with Crippen molar-refractivity contribution in [1.29, 1.82) is 5.26 Å². The molecule has 3 heterocycles. The number of carbonyl (C=O) groups excluding carboxylic acids is 1. The van der Waals surface area contributed by atoms with Crippen molar-refractivity contribution >= 4 is 5.91 Å². The second-order valence-electron chi connectivity index (χ2n) is 6.59. The van der Waals surface area contributed by atoms with Crippen molar-refractivity contribution in [1.82, 2.24) is 20.0 Å². The van der Waals surface area contributed by atoms with Gasteiger partial charge in [-0.2, -0.15) is 18.8 Å². The number of carbonyl (C=O) groups is 1. The number of rotatable bonds is 7. The van der Waals surface area contributed by atoms with Crippen LogP contribution in [0.4, 0.5) is 17.6 Å². The van der Waals surface area contributed by atoms with Crippen LogP contribution in [0.2, 0.25) is 0 Å². The zero-order chi connectivity index (χ0) is 24.9. The quantitative estimate of drug-likeness (QED) is 0.414. The van der Waals surface area contributed by atoms with Crippen LogP contribution in [0.3, 0.4) is 0 Å². The van der Waals surface area contributed by atoms with Crippen LogP contribution in [0.15, 0.2) is 53.8 Å². The molecule has 0 saturated heterocycles. The number of aromatic nitrogens is 3. The minimum Gasteiger partial charge on any atom is -0.427 e. The first-order valence-corrected chi connectivity index (χ1v) is 9.29. The molecule has 0 aromatic carbocycles. The molecule has 0 aliphatic heterocycles. The van der Waals surface area contributed by atoms with E-state index >= 15 is 0 Å². The summed E-state index contributed by atoms with van der Waals surface area (Å²) in [5.74, 6) is -6.68. The topological polar surface area (TPSA) is 116 Å². The standard InChI is InChI=1S/C21H16F4N6O2/c22-14-4-3-7-27-16(14)11-29-19(32)9-17-13(10-26)8-15(23)20(31(17)33)30-12-21(24,25)18-5-1-2-6-28-18/h1-8,33H,9,11-12H2,(H,29,32)/i11D. The summed E-state index contributed by atoms with van der Waals surface area (Å²) in [5, 5.41) is 21.7. The molecule has 3 aromatic rings. The van der Waals surface area contributed by atoms with Crippen LogP contribution in [-0.2, 0) is 23.7 Å². The average molecular weight is 461 g/mol. The molecule has 0 radical (unpaired) electrons. The van der Waals surface area contributed by atoms with Crippen LogP contribution in [0, 0.1) is 23.0 Å². The lowest BCUT2D eigenvalue weighted by atomic mass is 10.1. The summed E-state index contributed by atoms with van der Waals surface area (Å²) in [6, 6.07) is 8.36. The van der Waals surface area contributed by atoms with E-state index in [9.17, 15) is 32.8 Å². The molecule has 3 aromatic heterocycles. The largest absolute Gasteiger partial charge is 0.427 e. The Kier molecular flexibility index (Phi) is 6.58. The summed E-state index contributed by atoms with van der Waals surface area (Å²) in [4.78, 5) is 23.0. The molecule has 1 unspecified atom stereocenters. The molecule has 1 atom stereocenters. The van der Waals surface area contributed by atoms with Crippen molar-refractivity contribution in [3.8, 4) is 6.07 Å². The van der Waals surface area contributed by atoms with E-state index in [1.807, 2.05) is 0 Å². The van der Waals surface area contributed by atoms with E-state index in [2.05, 4.69) is 20.3 Å². The number of nitriles is 1. The van der Waals surface area contributed by atoms with E-state index in [0.29, 0.717) is 6.07 Å². The van der Waals surface area contributed by atoms with Crippen LogP contribution < -0.4 is 10.8 Å². The molecule has 0 aliphatic carbocycles. The maximum atomic E-state index is 14.4. The van der Waals surface area contributed by atoms with Crippen molar-refractivity contribution in [2.45, 2.75) is 18.9 Å². The number of pyridine rings is 3. The zero-order valence-corrected chi connectivity index (χ0v) is 16.7. The van der Waals surface area contributed by atoms with Gasteiger partial charge in [0.2, 0.25) is 5.91 Å². The summed E-state index contributed by atoms with van der Waals surface area (Å²) in [5.41, 5.74) is -2.90. The molecule has 0 spiro atoms.